The highest BCUT2D eigenvalue weighted by molar-refractivity contribution is 5.28. The predicted octanol–water partition coefficient (Wildman–Crippen LogP) is 0.792. The average Bonchev–Trinajstić information content (AvgIpc) is 2.30. The second-order valence-corrected chi connectivity index (χ2v) is 3.59. The third-order valence-electron chi connectivity index (χ3n) is 2.20. The van der Waals surface area contributed by atoms with Gasteiger partial charge in [-0.1, -0.05) is 12.1 Å². The van der Waals surface area contributed by atoms with E-state index in [4.69, 9.17) is 9.47 Å². The Morgan fingerprint density at radius 3 is 2.88 bits per heavy atom. The van der Waals surface area contributed by atoms with Crippen molar-refractivity contribution in [2.24, 2.45) is 0 Å². The number of methoxy groups -OCH3 is 2. The maximum atomic E-state index is 9.42. The molecule has 1 unspecified atom stereocenters. The maximum absolute atomic E-state index is 9.42. The molecular formula is C12H19NO3. The Morgan fingerprint density at radius 1 is 1.38 bits per heavy atom. The van der Waals surface area contributed by atoms with Crippen LogP contribution in [0.15, 0.2) is 24.3 Å². The zero-order valence-corrected chi connectivity index (χ0v) is 9.77. The SMILES string of the molecule is COCC(O)CNCc1cccc(OC)c1. The number of aliphatic hydroxyl groups is 1. The van der Waals surface area contributed by atoms with E-state index in [1.165, 1.54) is 0 Å². The van der Waals surface area contributed by atoms with Gasteiger partial charge in [-0.2, -0.15) is 0 Å². The van der Waals surface area contributed by atoms with Crippen molar-refractivity contribution >= 4 is 0 Å². The fraction of sp³-hybridized carbons (Fsp3) is 0.500. The van der Waals surface area contributed by atoms with E-state index in [0.717, 1.165) is 11.3 Å². The van der Waals surface area contributed by atoms with Crippen LogP contribution in [-0.2, 0) is 11.3 Å². The van der Waals surface area contributed by atoms with Crippen LogP contribution in [-0.4, -0.2) is 38.6 Å². The molecule has 1 atom stereocenters. The van der Waals surface area contributed by atoms with Gasteiger partial charge >= 0.3 is 0 Å². The number of hydrogen-bond donors (Lipinski definition) is 2. The third-order valence-corrected chi connectivity index (χ3v) is 2.20. The molecule has 0 aliphatic rings. The van der Waals surface area contributed by atoms with Crippen LogP contribution in [0.5, 0.6) is 5.75 Å². The van der Waals surface area contributed by atoms with E-state index < -0.39 is 6.10 Å². The van der Waals surface area contributed by atoms with E-state index in [1.54, 1.807) is 14.2 Å². The van der Waals surface area contributed by atoms with Gasteiger partial charge in [0.1, 0.15) is 5.75 Å². The Kier molecular flexibility index (Phi) is 5.85. The van der Waals surface area contributed by atoms with Gasteiger partial charge in [0, 0.05) is 20.2 Å². The van der Waals surface area contributed by atoms with E-state index >= 15 is 0 Å². The van der Waals surface area contributed by atoms with Crippen LogP contribution in [0.3, 0.4) is 0 Å². The zero-order chi connectivity index (χ0) is 11.8. The number of aliphatic hydroxyl groups excluding tert-OH is 1. The Morgan fingerprint density at radius 2 is 2.19 bits per heavy atom. The highest BCUT2D eigenvalue weighted by Gasteiger charge is 2.02. The Labute approximate surface area is 96.2 Å². The first-order valence-corrected chi connectivity index (χ1v) is 5.27. The van der Waals surface area contributed by atoms with Gasteiger partial charge in [-0.15, -0.1) is 0 Å². The van der Waals surface area contributed by atoms with Crippen LogP contribution >= 0.6 is 0 Å². The first-order chi connectivity index (χ1) is 7.76. The summed E-state index contributed by atoms with van der Waals surface area (Å²) in [4.78, 5) is 0. The van der Waals surface area contributed by atoms with E-state index in [1.807, 2.05) is 24.3 Å². The number of benzene rings is 1. The Hall–Kier alpha value is -1.10. The highest BCUT2D eigenvalue weighted by atomic mass is 16.5. The molecule has 2 N–H and O–H groups in total. The largest absolute Gasteiger partial charge is 0.497 e. The molecule has 0 radical (unpaired) electrons. The highest BCUT2D eigenvalue weighted by Crippen LogP contribution is 2.11. The van der Waals surface area contributed by atoms with Gasteiger partial charge < -0.3 is 19.9 Å². The molecule has 0 spiro atoms. The molecule has 0 bridgehead atoms. The molecule has 0 saturated heterocycles. The second-order valence-electron chi connectivity index (χ2n) is 3.59. The molecule has 1 aromatic carbocycles. The van der Waals surface area contributed by atoms with Gasteiger partial charge in [0.15, 0.2) is 0 Å². The normalized spacial score (nSPS) is 12.4. The van der Waals surface area contributed by atoms with Crippen molar-refractivity contribution in [3.8, 4) is 5.75 Å². The van der Waals surface area contributed by atoms with Crippen LogP contribution in [0.25, 0.3) is 0 Å². The molecule has 4 heteroatoms. The lowest BCUT2D eigenvalue weighted by Gasteiger charge is -2.11. The zero-order valence-electron chi connectivity index (χ0n) is 9.77. The minimum absolute atomic E-state index is 0.352. The standard InChI is InChI=1S/C12H19NO3/c1-15-9-11(14)8-13-7-10-4-3-5-12(6-10)16-2/h3-6,11,13-14H,7-9H2,1-2H3. The van der Waals surface area contributed by atoms with Crippen molar-refractivity contribution < 1.29 is 14.6 Å². The molecule has 1 rings (SSSR count). The summed E-state index contributed by atoms with van der Waals surface area (Å²) in [5, 5.41) is 12.6. The molecule has 16 heavy (non-hydrogen) atoms. The minimum Gasteiger partial charge on any atom is -0.497 e. The van der Waals surface area contributed by atoms with Crippen molar-refractivity contribution in [3.05, 3.63) is 29.8 Å². The van der Waals surface area contributed by atoms with Gasteiger partial charge in [-0.25, -0.2) is 0 Å². The molecule has 0 fully saturated rings. The Bertz CT molecular complexity index is 304. The summed E-state index contributed by atoms with van der Waals surface area (Å²) in [6.45, 7) is 1.58. The number of nitrogens with one attached hydrogen (secondary N) is 1. The molecule has 0 aliphatic heterocycles. The number of rotatable bonds is 7. The molecule has 90 valence electrons. The summed E-state index contributed by atoms with van der Waals surface area (Å²) < 4.78 is 9.96. The van der Waals surface area contributed by atoms with E-state index in [9.17, 15) is 5.11 Å². The quantitative estimate of drug-likeness (QED) is 0.720. The topological polar surface area (TPSA) is 50.7 Å². The molecule has 0 aromatic heterocycles. The van der Waals surface area contributed by atoms with E-state index in [-0.39, 0.29) is 0 Å². The molecule has 4 nitrogen and oxygen atoms in total. The van der Waals surface area contributed by atoms with Crippen molar-refractivity contribution in [2.75, 3.05) is 27.4 Å². The third kappa shape index (κ3) is 4.61. The molecule has 0 aliphatic carbocycles. The first-order valence-electron chi connectivity index (χ1n) is 5.27. The molecular weight excluding hydrogens is 206 g/mol. The first kappa shape index (κ1) is 13.0. The predicted molar refractivity (Wildman–Crippen MR) is 62.6 cm³/mol. The fourth-order valence-corrected chi connectivity index (χ4v) is 1.42. The van der Waals surface area contributed by atoms with Gasteiger partial charge in [-0.3, -0.25) is 0 Å². The second kappa shape index (κ2) is 7.22. The molecule has 0 saturated carbocycles. The van der Waals surface area contributed by atoms with Gasteiger partial charge in [0.05, 0.1) is 19.8 Å². The molecule has 1 aromatic rings. The van der Waals surface area contributed by atoms with Crippen molar-refractivity contribution in [2.45, 2.75) is 12.6 Å². The van der Waals surface area contributed by atoms with Crippen molar-refractivity contribution in [1.29, 1.82) is 0 Å². The molecule has 0 heterocycles. The lowest BCUT2D eigenvalue weighted by atomic mass is 10.2. The maximum Gasteiger partial charge on any atom is 0.119 e. The summed E-state index contributed by atoms with van der Waals surface area (Å²) in [5.41, 5.74) is 1.13. The van der Waals surface area contributed by atoms with Crippen LogP contribution in [0.2, 0.25) is 0 Å². The van der Waals surface area contributed by atoms with Gasteiger partial charge in [0.2, 0.25) is 0 Å². The van der Waals surface area contributed by atoms with Crippen molar-refractivity contribution in [3.63, 3.8) is 0 Å². The summed E-state index contributed by atoms with van der Waals surface area (Å²) >= 11 is 0. The summed E-state index contributed by atoms with van der Waals surface area (Å²) in [7, 11) is 3.22. The smallest absolute Gasteiger partial charge is 0.119 e. The van der Waals surface area contributed by atoms with Gasteiger partial charge in [0.25, 0.3) is 0 Å². The van der Waals surface area contributed by atoms with Gasteiger partial charge in [-0.05, 0) is 17.7 Å². The minimum atomic E-state index is -0.462. The Balaban J connectivity index is 2.31. The van der Waals surface area contributed by atoms with Crippen molar-refractivity contribution in [1.82, 2.24) is 5.32 Å². The number of hydrogen-bond acceptors (Lipinski definition) is 4. The van der Waals surface area contributed by atoms with Crippen LogP contribution < -0.4 is 10.1 Å². The molecule has 0 amide bonds. The van der Waals surface area contributed by atoms with Crippen LogP contribution in [0, 0.1) is 0 Å². The number of ether oxygens (including phenoxy) is 2. The van der Waals surface area contributed by atoms with Crippen LogP contribution in [0.1, 0.15) is 5.56 Å². The monoisotopic (exact) mass is 225 g/mol. The van der Waals surface area contributed by atoms with Crippen LogP contribution in [0.4, 0.5) is 0 Å². The summed E-state index contributed by atoms with van der Waals surface area (Å²) in [5.74, 6) is 0.844. The fourth-order valence-electron chi connectivity index (χ4n) is 1.42. The van der Waals surface area contributed by atoms with E-state index in [0.29, 0.717) is 19.7 Å². The average molecular weight is 225 g/mol. The lowest BCUT2D eigenvalue weighted by Crippen LogP contribution is -2.29. The summed E-state index contributed by atoms with van der Waals surface area (Å²) in [6.07, 6.45) is -0.462. The summed E-state index contributed by atoms with van der Waals surface area (Å²) in [6, 6.07) is 7.83. The van der Waals surface area contributed by atoms with E-state index in [2.05, 4.69) is 5.32 Å². The lowest BCUT2D eigenvalue weighted by molar-refractivity contribution is 0.0644.